The molecule has 0 saturated heterocycles. The lowest BCUT2D eigenvalue weighted by Gasteiger charge is -2.19. The first-order valence-corrected chi connectivity index (χ1v) is 10.4. The van der Waals surface area contributed by atoms with Crippen LogP contribution in [0, 0.1) is 11.8 Å². The molecule has 1 aromatic carbocycles. The Morgan fingerprint density at radius 1 is 1.17 bits per heavy atom. The summed E-state index contributed by atoms with van der Waals surface area (Å²) in [5, 5.41) is 30.8. The highest BCUT2D eigenvalue weighted by Crippen LogP contribution is 2.36. The zero-order chi connectivity index (χ0) is 21.9. The van der Waals surface area contributed by atoms with Crippen LogP contribution in [0.15, 0.2) is 54.6 Å². The second-order valence-electron chi connectivity index (χ2n) is 7.73. The molecule has 6 nitrogen and oxygen atoms in total. The lowest BCUT2D eigenvalue weighted by Crippen LogP contribution is -2.20. The number of carbonyl (C=O) groups is 2. The Kier molecular flexibility index (Phi) is 9.94. The smallest absolute Gasteiger partial charge is 0.305 e. The maximum Gasteiger partial charge on any atom is 0.305 e. The molecule has 2 rings (SSSR count). The highest BCUT2D eigenvalue weighted by Gasteiger charge is 2.39. The van der Waals surface area contributed by atoms with Gasteiger partial charge in [-0.3, -0.25) is 9.59 Å². The van der Waals surface area contributed by atoms with Crippen molar-refractivity contribution in [2.24, 2.45) is 11.8 Å². The Labute approximate surface area is 177 Å². The molecule has 5 atom stereocenters. The number of methoxy groups -OCH3 is 1. The summed E-state index contributed by atoms with van der Waals surface area (Å²) < 4.78 is 4.60. The predicted molar refractivity (Wildman–Crippen MR) is 114 cm³/mol. The average molecular weight is 417 g/mol. The molecule has 1 aromatic rings. The third-order valence-corrected chi connectivity index (χ3v) is 5.52. The van der Waals surface area contributed by atoms with Crippen LogP contribution in [0.2, 0.25) is 0 Å². The van der Waals surface area contributed by atoms with E-state index >= 15 is 0 Å². The van der Waals surface area contributed by atoms with Gasteiger partial charge in [0.15, 0.2) is 5.78 Å². The molecule has 3 N–H and O–H groups in total. The van der Waals surface area contributed by atoms with Crippen molar-refractivity contribution in [1.82, 2.24) is 0 Å². The number of rotatable bonds is 11. The highest BCUT2D eigenvalue weighted by molar-refractivity contribution is 5.96. The lowest BCUT2D eigenvalue weighted by atomic mass is 9.89. The molecule has 30 heavy (non-hydrogen) atoms. The van der Waals surface area contributed by atoms with Gasteiger partial charge in [0.25, 0.3) is 0 Å². The molecular formula is C24H32O6. The molecule has 0 bridgehead atoms. The van der Waals surface area contributed by atoms with Gasteiger partial charge in [-0.1, -0.05) is 54.6 Å². The number of hydrogen-bond donors (Lipinski definition) is 3. The summed E-state index contributed by atoms with van der Waals surface area (Å²) in [6.07, 6.45) is 7.58. The Bertz CT molecular complexity index is 726. The third kappa shape index (κ3) is 7.52. The molecule has 164 valence electrons. The second-order valence-corrected chi connectivity index (χ2v) is 7.73. The van der Waals surface area contributed by atoms with Crippen LogP contribution in [0.25, 0.3) is 0 Å². The maximum atomic E-state index is 12.2. The summed E-state index contributed by atoms with van der Waals surface area (Å²) in [6, 6.07) is 8.80. The van der Waals surface area contributed by atoms with Gasteiger partial charge in [-0.15, -0.1) is 0 Å². The van der Waals surface area contributed by atoms with Gasteiger partial charge in [0, 0.05) is 30.7 Å². The van der Waals surface area contributed by atoms with Crippen molar-refractivity contribution in [3.05, 3.63) is 60.2 Å². The molecule has 1 aliphatic carbocycles. The van der Waals surface area contributed by atoms with Gasteiger partial charge in [0.2, 0.25) is 0 Å². The van der Waals surface area contributed by atoms with Gasteiger partial charge in [-0.05, 0) is 25.2 Å². The van der Waals surface area contributed by atoms with Gasteiger partial charge in [-0.2, -0.15) is 0 Å². The van der Waals surface area contributed by atoms with Crippen molar-refractivity contribution >= 4 is 11.8 Å². The van der Waals surface area contributed by atoms with Crippen molar-refractivity contribution in [2.45, 2.75) is 56.8 Å². The van der Waals surface area contributed by atoms with E-state index in [0.29, 0.717) is 24.8 Å². The number of Topliss-reactive ketones (excluding diaryl/α,β-unsaturated/α-hetero) is 1. The van der Waals surface area contributed by atoms with Crippen molar-refractivity contribution in [1.29, 1.82) is 0 Å². The molecule has 0 heterocycles. The second kappa shape index (κ2) is 12.4. The van der Waals surface area contributed by atoms with E-state index in [-0.39, 0.29) is 36.4 Å². The van der Waals surface area contributed by atoms with Crippen molar-refractivity contribution < 1.29 is 29.6 Å². The molecule has 0 aromatic heterocycles. The van der Waals surface area contributed by atoms with E-state index in [1.807, 2.05) is 18.2 Å². The van der Waals surface area contributed by atoms with Crippen LogP contribution < -0.4 is 0 Å². The number of aliphatic hydroxyl groups is 3. The Morgan fingerprint density at radius 3 is 2.60 bits per heavy atom. The van der Waals surface area contributed by atoms with E-state index in [1.165, 1.54) is 7.11 Å². The molecule has 0 aliphatic heterocycles. The van der Waals surface area contributed by atoms with Crippen molar-refractivity contribution in [3.8, 4) is 0 Å². The van der Waals surface area contributed by atoms with Crippen molar-refractivity contribution in [3.63, 3.8) is 0 Å². The predicted octanol–water partition coefficient (Wildman–Crippen LogP) is 2.82. The van der Waals surface area contributed by atoms with Crippen LogP contribution in [0.1, 0.15) is 48.9 Å². The largest absolute Gasteiger partial charge is 0.469 e. The molecule has 6 heteroatoms. The first kappa shape index (κ1) is 24.0. The molecule has 0 spiro atoms. The van der Waals surface area contributed by atoms with Crippen LogP contribution in [-0.2, 0) is 9.53 Å². The maximum absolute atomic E-state index is 12.2. The monoisotopic (exact) mass is 416 g/mol. The normalized spacial score (nSPS) is 25.1. The minimum Gasteiger partial charge on any atom is -0.469 e. The van der Waals surface area contributed by atoms with Crippen LogP contribution in [0.5, 0.6) is 0 Å². The number of benzene rings is 1. The fourth-order valence-corrected chi connectivity index (χ4v) is 3.80. The third-order valence-electron chi connectivity index (χ3n) is 5.52. The van der Waals surface area contributed by atoms with Gasteiger partial charge in [0.05, 0.1) is 25.4 Å². The fraction of sp³-hybridized carbons (Fsp3) is 0.500. The Morgan fingerprint density at radius 2 is 1.90 bits per heavy atom. The van der Waals surface area contributed by atoms with Crippen molar-refractivity contribution in [2.75, 3.05) is 7.11 Å². The lowest BCUT2D eigenvalue weighted by molar-refractivity contribution is -0.140. The molecule has 1 fully saturated rings. The topological polar surface area (TPSA) is 104 Å². The minimum atomic E-state index is -0.947. The van der Waals surface area contributed by atoms with E-state index in [4.69, 9.17) is 0 Å². The summed E-state index contributed by atoms with van der Waals surface area (Å²) in [4.78, 5) is 23.3. The highest BCUT2D eigenvalue weighted by atomic mass is 16.5. The minimum absolute atomic E-state index is 0.0311. The molecule has 0 amide bonds. The van der Waals surface area contributed by atoms with Gasteiger partial charge in [0.1, 0.15) is 0 Å². The molecule has 0 unspecified atom stereocenters. The number of esters is 1. The SMILES string of the molecule is COC(=O)CCC/C=C\C[C@@H]1[C@@H](/C=C/[C@@H](O)CC(=O)c2ccccc2)[C@H](O)C[C@@H]1O. The number of ether oxygens (including phenoxy) is 1. The molecule has 1 aliphatic rings. The number of unbranched alkanes of at least 4 members (excludes halogenated alkanes) is 1. The summed E-state index contributed by atoms with van der Waals surface area (Å²) in [6.45, 7) is 0. The quantitative estimate of drug-likeness (QED) is 0.222. The zero-order valence-corrected chi connectivity index (χ0v) is 17.4. The van der Waals surface area contributed by atoms with Gasteiger partial charge in [-0.25, -0.2) is 0 Å². The van der Waals surface area contributed by atoms with E-state index in [1.54, 1.807) is 36.4 Å². The van der Waals surface area contributed by atoms with Gasteiger partial charge < -0.3 is 20.1 Å². The number of allylic oxidation sites excluding steroid dienone is 2. The van der Waals surface area contributed by atoms with Crippen LogP contribution in [0.3, 0.4) is 0 Å². The summed E-state index contributed by atoms with van der Waals surface area (Å²) in [7, 11) is 1.37. The molecule has 0 radical (unpaired) electrons. The molecule has 1 saturated carbocycles. The first-order chi connectivity index (χ1) is 14.4. The first-order valence-electron chi connectivity index (χ1n) is 10.4. The van der Waals surface area contributed by atoms with Crippen LogP contribution >= 0.6 is 0 Å². The molecular weight excluding hydrogens is 384 g/mol. The van der Waals surface area contributed by atoms with Gasteiger partial charge >= 0.3 is 5.97 Å². The number of hydrogen-bond acceptors (Lipinski definition) is 6. The number of carbonyl (C=O) groups excluding carboxylic acids is 2. The van der Waals surface area contributed by atoms with Crippen LogP contribution in [-0.4, -0.2) is 52.5 Å². The average Bonchev–Trinajstić information content (AvgIpc) is 3.01. The zero-order valence-electron chi connectivity index (χ0n) is 17.4. The standard InChI is InChI=1S/C24H32O6/c1-30-24(29)12-8-3-2-7-11-19-20(23(28)16-22(19)27)14-13-18(25)15-21(26)17-9-5-4-6-10-17/h2,4-7,9-10,13-14,18-20,22-23,25,27-28H,3,8,11-12,15-16H2,1H3/b7-2-,14-13+/t18-,19-,20-,22+,23-/m1/s1. The van der Waals surface area contributed by atoms with E-state index < -0.39 is 18.3 Å². The summed E-state index contributed by atoms with van der Waals surface area (Å²) >= 11 is 0. The van der Waals surface area contributed by atoms with Crippen LogP contribution in [0.4, 0.5) is 0 Å². The number of ketones is 1. The summed E-state index contributed by atoms with van der Waals surface area (Å²) in [5.41, 5.74) is 0.552. The van der Waals surface area contributed by atoms with E-state index in [2.05, 4.69) is 4.74 Å². The Balaban J connectivity index is 1.85. The fourth-order valence-electron chi connectivity index (χ4n) is 3.80. The number of aliphatic hydroxyl groups excluding tert-OH is 3. The van der Waals surface area contributed by atoms with E-state index in [0.717, 1.165) is 6.42 Å². The van der Waals surface area contributed by atoms with E-state index in [9.17, 15) is 24.9 Å². The summed E-state index contributed by atoms with van der Waals surface area (Å²) in [5.74, 6) is -0.829. The Hall–Kier alpha value is -2.28.